The van der Waals surface area contributed by atoms with E-state index in [1.165, 1.54) is 20.0 Å². The molecule has 0 aromatic heterocycles. The summed E-state index contributed by atoms with van der Waals surface area (Å²) in [5.41, 5.74) is 1.23. The molecular weight excluding hydrogens is 294 g/mol. The fourth-order valence-electron chi connectivity index (χ4n) is 2.49. The summed E-state index contributed by atoms with van der Waals surface area (Å²) >= 11 is 0. The molecule has 0 aliphatic carbocycles. The first-order chi connectivity index (χ1) is 11.1. The lowest BCUT2D eigenvalue weighted by molar-refractivity contribution is -0.124. The van der Waals surface area contributed by atoms with E-state index in [2.05, 4.69) is 15.5 Å². The van der Waals surface area contributed by atoms with Crippen LogP contribution in [0.4, 0.5) is 5.69 Å². The normalized spacial score (nSPS) is 16.1. The van der Waals surface area contributed by atoms with Crippen molar-refractivity contribution >= 4 is 17.5 Å². The standard InChI is InChI=1S/C17H25N3O3/c1-13(23-2)16(21)19-15-7-5-14(6-8-15)17(22)18-9-12-20-10-3-4-11-20/h5-8,13H,3-4,9-12H2,1-2H3,(H,18,22)(H,19,21). The third kappa shape index (κ3) is 5.33. The number of rotatable bonds is 7. The van der Waals surface area contributed by atoms with Gasteiger partial charge in [-0.3, -0.25) is 9.59 Å². The minimum Gasteiger partial charge on any atom is -0.372 e. The molecule has 126 valence electrons. The molecule has 0 saturated carbocycles. The third-order valence-corrected chi connectivity index (χ3v) is 4.05. The van der Waals surface area contributed by atoms with Gasteiger partial charge in [0, 0.05) is 31.5 Å². The van der Waals surface area contributed by atoms with E-state index < -0.39 is 6.10 Å². The summed E-state index contributed by atoms with van der Waals surface area (Å²) in [6.07, 6.45) is 1.99. The van der Waals surface area contributed by atoms with Gasteiger partial charge in [-0.15, -0.1) is 0 Å². The summed E-state index contributed by atoms with van der Waals surface area (Å²) in [4.78, 5) is 26.1. The highest BCUT2D eigenvalue weighted by Gasteiger charge is 2.13. The molecule has 1 aromatic rings. The van der Waals surface area contributed by atoms with Gasteiger partial charge in [-0.2, -0.15) is 0 Å². The Hall–Kier alpha value is -1.92. The summed E-state index contributed by atoms with van der Waals surface area (Å²) in [5, 5.41) is 5.66. The summed E-state index contributed by atoms with van der Waals surface area (Å²) in [5.74, 6) is -0.303. The first kappa shape index (κ1) is 17.4. The van der Waals surface area contributed by atoms with Crippen LogP contribution in [-0.2, 0) is 9.53 Å². The maximum Gasteiger partial charge on any atom is 0.253 e. The highest BCUT2D eigenvalue weighted by atomic mass is 16.5. The average molecular weight is 319 g/mol. The van der Waals surface area contributed by atoms with E-state index in [4.69, 9.17) is 4.74 Å². The van der Waals surface area contributed by atoms with Crippen molar-refractivity contribution in [2.75, 3.05) is 38.6 Å². The first-order valence-corrected chi connectivity index (χ1v) is 8.04. The van der Waals surface area contributed by atoms with Gasteiger partial charge < -0.3 is 20.3 Å². The fourth-order valence-corrected chi connectivity index (χ4v) is 2.49. The maximum absolute atomic E-state index is 12.1. The molecule has 1 unspecified atom stereocenters. The number of hydrogen-bond donors (Lipinski definition) is 2. The highest BCUT2D eigenvalue weighted by molar-refractivity contribution is 5.96. The van der Waals surface area contributed by atoms with E-state index in [0.717, 1.165) is 19.6 Å². The number of hydrogen-bond acceptors (Lipinski definition) is 4. The lowest BCUT2D eigenvalue weighted by atomic mass is 10.2. The second kappa shape index (κ2) is 8.64. The second-order valence-electron chi connectivity index (χ2n) is 5.75. The molecule has 1 aromatic carbocycles. The number of methoxy groups -OCH3 is 1. The van der Waals surface area contributed by atoms with Gasteiger partial charge in [0.25, 0.3) is 11.8 Å². The minimum absolute atomic E-state index is 0.0904. The lowest BCUT2D eigenvalue weighted by Crippen LogP contribution is -2.33. The van der Waals surface area contributed by atoms with Crippen molar-refractivity contribution in [2.24, 2.45) is 0 Å². The van der Waals surface area contributed by atoms with Crippen LogP contribution < -0.4 is 10.6 Å². The third-order valence-electron chi connectivity index (χ3n) is 4.05. The Morgan fingerprint density at radius 2 is 1.87 bits per heavy atom. The van der Waals surface area contributed by atoms with E-state index in [9.17, 15) is 9.59 Å². The molecular formula is C17H25N3O3. The molecule has 0 spiro atoms. The Labute approximate surface area is 137 Å². The minimum atomic E-state index is -0.511. The van der Waals surface area contributed by atoms with Gasteiger partial charge in [0.05, 0.1) is 0 Å². The van der Waals surface area contributed by atoms with E-state index >= 15 is 0 Å². The zero-order valence-corrected chi connectivity index (χ0v) is 13.8. The number of anilines is 1. The molecule has 1 heterocycles. The molecule has 0 bridgehead atoms. The zero-order chi connectivity index (χ0) is 16.7. The molecule has 2 amide bonds. The largest absolute Gasteiger partial charge is 0.372 e. The number of carbonyl (C=O) groups excluding carboxylic acids is 2. The van der Waals surface area contributed by atoms with Crippen LogP contribution >= 0.6 is 0 Å². The zero-order valence-electron chi connectivity index (χ0n) is 13.8. The molecule has 2 N–H and O–H groups in total. The van der Waals surface area contributed by atoms with Crippen LogP contribution in [0.15, 0.2) is 24.3 Å². The maximum atomic E-state index is 12.1. The van der Waals surface area contributed by atoms with Gasteiger partial charge in [0.15, 0.2) is 0 Å². The Morgan fingerprint density at radius 1 is 1.22 bits per heavy atom. The van der Waals surface area contributed by atoms with Crippen LogP contribution in [0.5, 0.6) is 0 Å². The second-order valence-corrected chi connectivity index (χ2v) is 5.75. The number of carbonyl (C=O) groups is 2. The van der Waals surface area contributed by atoms with Gasteiger partial charge in [0.1, 0.15) is 6.10 Å². The number of ether oxygens (including phenoxy) is 1. The SMILES string of the molecule is COC(C)C(=O)Nc1ccc(C(=O)NCCN2CCCC2)cc1. The van der Waals surface area contributed by atoms with Crippen molar-refractivity contribution in [2.45, 2.75) is 25.9 Å². The monoisotopic (exact) mass is 319 g/mol. The molecule has 6 heteroatoms. The quantitative estimate of drug-likeness (QED) is 0.799. The Kier molecular flexibility index (Phi) is 6.55. The molecule has 1 aliphatic heterocycles. The van der Waals surface area contributed by atoms with Crippen LogP contribution in [0.3, 0.4) is 0 Å². The smallest absolute Gasteiger partial charge is 0.253 e. The molecule has 0 radical (unpaired) electrons. The van der Waals surface area contributed by atoms with Crippen molar-refractivity contribution in [3.63, 3.8) is 0 Å². The average Bonchev–Trinajstić information content (AvgIpc) is 3.08. The number of benzene rings is 1. The molecule has 2 rings (SSSR count). The van der Waals surface area contributed by atoms with Crippen molar-refractivity contribution < 1.29 is 14.3 Å². The summed E-state index contributed by atoms with van der Waals surface area (Å²) < 4.78 is 4.95. The van der Waals surface area contributed by atoms with Crippen LogP contribution in [0.25, 0.3) is 0 Å². The van der Waals surface area contributed by atoms with Crippen molar-refractivity contribution in [3.05, 3.63) is 29.8 Å². The highest BCUT2D eigenvalue weighted by Crippen LogP contribution is 2.10. The Balaban J connectivity index is 1.78. The molecule has 1 aliphatic rings. The van der Waals surface area contributed by atoms with Crippen molar-refractivity contribution in [1.82, 2.24) is 10.2 Å². The van der Waals surface area contributed by atoms with Gasteiger partial charge in [-0.25, -0.2) is 0 Å². The van der Waals surface area contributed by atoms with E-state index in [1.54, 1.807) is 31.2 Å². The van der Waals surface area contributed by atoms with Crippen LogP contribution in [0, 0.1) is 0 Å². The molecule has 1 saturated heterocycles. The van der Waals surface area contributed by atoms with Gasteiger partial charge >= 0.3 is 0 Å². The summed E-state index contributed by atoms with van der Waals surface area (Å²) in [6.45, 7) is 5.49. The Bertz CT molecular complexity index is 524. The van der Waals surface area contributed by atoms with Gasteiger partial charge in [-0.1, -0.05) is 0 Å². The molecule has 1 atom stereocenters. The number of nitrogens with one attached hydrogen (secondary N) is 2. The predicted molar refractivity (Wildman–Crippen MR) is 89.5 cm³/mol. The van der Waals surface area contributed by atoms with Crippen LogP contribution in [0.2, 0.25) is 0 Å². The van der Waals surface area contributed by atoms with E-state index in [1.807, 2.05) is 0 Å². The van der Waals surface area contributed by atoms with Crippen LogP contribution in [-0.4, -0.2) is 56.1 Å². The number of nitrogens with zero attached hydrogens (tertiary/aromatic N) is 1. The predicted octanol–water partition coefficient (Wildman–Crippen LogP) is 1.49. The molecule has 23 heavy (non-hydrogen) atoms. The number of likely N-dealkylation sites (tertiary alicyclic amines) is 1. The Morgan fingerprint density at radius 3 is 2.48 bits per heavy atom. The van der Waals surface area contributed by atoms with Crippen molar-refractivity contribution in [3.8, 4) is 0 Å². The molecule has 6 nitrogen and oxygen atoms in total. The number of amides is 2. The van der Waals surface area contributed by atoms with E-state index in [-0.39, 0.29) is 11.8 Å². The van der Waals surface area contributed by atoms with Gasteiger partial charge in [0.2, 0.25) is 0 Å². The lowest BCUT2D eigenvalue weighted by Gasteiger charge is -2.15. The molecule has 1 fully saturated rings. The van der Waals surface area contributed by atoms with Crippen molar-refractivity contribution in [1.29, 1.82) is 0 Å². The fraction of sp³-hybridized carbons (Fsp3) is 0.529. The summed E-state index contributed by atoms with van der Waals surface area (Å²) in [6, 6.07) is 6.85. The summed E-state index contributed by atoms with van der Waals surface area (Å²) in [7, 11) is 1.49. The first-order valence-electron chi connectivity index (χ1n) is 8.04. The van der Waals surface area contributed by atoms with Gasteiger partial charge in [-0.05, 0) is 57.1 Å². The topological polar surface area (TPSA) is 70.7 Å². The van der Waals surface area contributed by atoms with E-state index in [0.29, 0.717) is 17.8 Å². The van der Waals surface area contributed by atoms with Crippen LogP contribution in [0.1, 0.15) is 30.1 Å².